The van der Waals surface area contributed by atoms with Crippen LogP contribution in [-0.2, 0) is 16.1 Å². The normalized spacial score (nSPS) is 14.8. The van der Waals surface area contributed by atoms with Gasteiger partial charge in [-0.05, 0) is 64.1 Å². The number of carbonyl (C=O) groups excluding carboxylic acids is 1. The Bertz CT molecular complexity index is 1440. The number of aromatic nitrogens is 4. The van der Waals surface area contributed by atoms with Crippen molar-refractivity contribution in [1.82, 2.24) is 25.5 Å². The van der Waals surface area contributed by atoms with Gasteiger partial charge in [0.1, 0.15) is 0 Å². The van der Waals surface area contributed by atoms with Crippen molar-refractivity contribution in [2.45, 2.75) is 64.8 Å². The van der Waals surface area contributed by atoms with E-state index in [1.54, 1.807) is 4.90 Å². The van der Waals surface area contributed by atoms with Gasteiger partial charge in [-0.3, -0.25) is 9.59 Å². The summed E-state index contributed by atoms with van der Waals surface area (Å²) in [6, 6.07) is 20.5. The van der Waals surface area contributed by atoms with Crippen LogP contribution in [0.2, 0.25) is 0 Å². The lowest BCUT2D eigenvalue weighted by Gasteiger charge is -2.38. The molecule has 0 aliphatic heterocycles. The molecule has 1 aliphatic carbocycles. The Hall–Kier alpha value is -4.07. The van der Waals surface area contributed by atoms with Crippen LogP contribution in [0.5, 0.6) is 0 Å². The maximum Gasteiger partial charge on any atom is 0.311 e. The number of rotatable bonds is 10. The molecule has 2 N–H and O–H groups in total. The van der Waals surface area contributed by atoms with Gasteiger partial charge >= 0.3 is 5.97 Å². The molecule has 8 heteroatoms. The number of amides is 1. The predicted molar refractivity (Wildman–Crippen MR) is 151 cm³/mol. The number of nitrogens with one attached hydrogen (secondary N) is 1. The van der Waals surface area contributed by atoms with Gasteiger partial charge in [-0.1, -0.05) is 81.1 Å². The van der Waals surface area contributed by atoms with E-state index in [4.69, 9.17) is 0 Å². The van der Waals surface area contributed by atoms with Crippen molar-refractivity contribution in [1.29, 1.82) is 0 Å². The lowest BCUT2D eigenvalue weighted by atomic mass is 9.73. The molecule has 0 radical (unpaired) electrons. The molecule has 0 saturated heterocycles. The third kappa shape index (κ3) is 5.85. The summed E-state index contributed by atoms with van der Waals surface area (Å²) in [6.45, 7) is 2.75. The van der Waals surface area contributed by atoms with E-state index in [0.717, 1.165) is 65.1 Å². The summed E-state index contributed by atoms with van der Waals surface area (Å²) in [4.78, 5) is 27.4. The first-order valence-electron chi connectivity index (χ1n) is 13.9. The number of hydrogen-bond acceptors (Lipinski definition) is 5. The molecule has 1 aliphatic rings. The van der Waals surface area contributed by atoms with E-state index in [0.29, 0.717) is 31.6 Å². The lowest BCUT2D eigenvalue weighted by Crippen LogP contribution is -2.46. The van der Waals surface area contributed by atoms with Crippen molar-refractivity contribution in [2.24, 2.45) is 5.41 Å². The zero-order valence-electron chi connectivity index (χ0n) is 22.4. The van der Waals surface area contributed by atoms with Gasteiger partial charge in [0.25, 0.3) is 0 Å². The highest BCUT2D eigenvalue weighted by atomic mass is 16.4. The van der Waals surface area contributed by atoms with E-state index in [1.807, 2.05) is 30.3 Å². The summed E-state index contributed by atoms with van der Waals surface area (Å²) in [5, 5.41) is 26.8. The second-order valence-corrected chi connectivity index (χ2v) is 10.7. The molecule has 3 aromatic carbocycles. The maximum atomic E-state index is 13.3. The smallest absolute Gasteiger partial charge is 0.311 e. The highest BCUT2D eigenvalue weighted by Crippen LogP contribution is 2.38. The molecule has 8 nitrogen and oxygen atoms in total. The van der Waals surface area contributed by atoms with E-state index in [2.05, 4.69) is 57.9 Å². The van der Waals surface area contributed by atoms with E-state index in [9.17, 15) is 14.7 Å². The number of tetrazole rings is 1. The molecule has 1 saturated carbocycles. The fourth-order valence-electron chi connectivity index (χ4n) is 5.74. The number of nitrogens with zero attached hydrogens (tertiary/aromatic N) is 4. The first kappa shape index (κ1) is 26.5. The average molecular weight is 526 g/mol. The van der Waals surface area contributed by atoms with Crippen LogP contribution >= 0.6 is 0 Å². The van der Waals surface area contributed by atoms with Crippen molar-refractivity contribution in [3.8, 4) is 22.5 Å². The molecular formula is C31H35N5O3. The molecule has 1 amide bonds. The third-order valence-corrected chi connectivity index (χ3v) is 7.96. The number of fused-ring (bicyclic) bond motifs is 1. The van der Waals surface area contributed by atoms with Crippen LogP contribution in [0.1, 0.15) is 63.9 Å². The van der Waals surface area contributed by atoms with Gasteiger partial charge in [0, 0.05) is 25.1 Å². The number of aromatic amines is 1. The number of H-pyrrole nitrogens is 1. The number of aliphatic carboxylic acids is 1. The molecule has 0 spiro atoms. The van der Waals surface area contributed by atoms with Gasteiger partial charge in [0.05, 0.1) is 5.41 Å². The van der Waals surface area contributed by atoms with Crippen LogP contribution in [0.4, 0.5) is 0 Å². The zero-order chi connectivity index (χ0) is 27.2. The Labute approximate surface area is 228 Å². The molecular weight excluding hydrogens is 490 g/mol. The quantitative estimate of drug-likeness (QED) is 0.253. The molecule has 1 fully saturated rings. The Balaban J connectivity index is 1.42. The van der Waals surface area contributed by atoms with Gasteiger partial charge < -0.3 is 10.0 Å². The topological polar surface area (TPSA) is 112 Å². The minimum Gasteiger partial charge on any atom is -0.481 e. The number of carbonyl (C=O) groups is 2. The van der Waals surface area contributed by atoms with Gasteiger partial charge in [-0.25, -0.2) is 0 Å². The molecule has 1 aromatic heterocycles. The van der Waals surface area contributed by atoms with Crippen molar-refractivity contribution in [3.63, 3.8) is 0 Å². The number of hydrogen-bond donors (Lipinski definition) is 2. The summed E-state index contributed by atoms with van der Waals surface area (Å²) in [7, 11) is 0. The third-order valence-electron chi connectivity index (χ3n) is 7.96. The van der Waals surface area contributed by atoms with Gasteiger partial charge in [-0.15, -0.1) is 10.2 Å². The van der Waals surface area contributed by atoms with Crippen LogP contribution in [-0.4, -0.2) is 49.1 Å². The van der Waals surface area contributed by atoms with Crippen molar-refractivity contribution in [2.75, 3.05) is 6.54 Å². The Morgan fingerprint density at radius 3 is 2.44 bits per heavy atom. The number of unbranched alkanes of at least 4 members (excludes halogenated alkanes) is 1. The standard InChI is InChI=1S/C31H35N5O3/c1-2-3-11-28(37)36(21-31(30(38)39)16-7-4-8-17-31)20-22-12-13-24-19-25(15-14-23(24)18-22)26-9-5-6-10-27(26)29-32-34-35-33-29/h5-6,9-10,12-15,18-19H,2-4,7-8,11,16-17,20-21H2,1H3,(H,38,39)(H,32,33,34,35). The summed E-state index contributed by atoms with van der Waals surface area (Å²) < 4.78 is 0. The summed E-state index contributed by atoms with van der Waals surface area (Å²) in [5.41, 5.74) is 3.12. The van der Waals surface area contributed by atoms with Crippen molar-refractivity contribution < 1.29 is 14.7 Å². The average Bonchev–Trinajstić information content (AvgIpc) is 3.51. The zero-order valence-corrected chi connectivity index (χ0v) is 22.4. The van der Waals surface area contributed by atoms with Crippen molar-refractivity contribution in [3.05, 3.63) is 66.2 Å². The SMILES string of the molecule is CCCCC(=O)N(Cc1ccc2cc(-c3ccccc3-c3nn[nH]n3)ccc2c1)CC1(C(=O)O)CCCCC1. The molecule has 5 rings (SSSR count). The highest BCUT2D eigenvalue weighted by Gasteiger charge is 2.42. The van der Waals surface area contributed by atoms with E-state index in [-0.39, 0.29) is 12.5 Å². The first-order valence-corrected chi connectivity index (χ1v) is 13.9. The molecule has 0 atom stereocenters. The lowest BCUT2D eigenvalue weighted by molar-refractivity contribution is -0.154. The van der Waals surface area contributed by atoms with Crippen LogP contribution in [0.25, 0.3) is 33.3 Å². The van der Waals surface area contributed by atoms with E-state index in [1.165, 1.54) is 0 Å². The largest absolute Gasteiger partial charge is 0.481 e. The van der Waals surface area contributed by atoms with Crippen LogP contribution in [0.15, 0.2) is 60.7 Å². The van der Waals surface area contributed by atoms with Gasteiger partial charge in [0.2, 0.25) is 11.7 Å². The van der Waals surface area contributed by atoms with Crippen LogP contribution in [0.3, 0.4) is 0 Å². The van der Waals surface area contributed by atoms with Gasteiger partial charge in [0.15, 0.2) is 0 Å². The number of benzene rings is 3. The molecule has 0 unspecified atom stereocenters. The number of carboxylic acid groups (broad SMARTS) is 1. The Morgan fingerprint density at radius 2 is 1.72 bits per heavy atom. The fourth-order valence-corrected chi connectivity index (χ4v) is 5.74. The summed E-state index contributed by atoms with van der Waals surface area (Å²) in [5.74, 6) is -0.190. The Morgan fingerprint density at radius 1 is 0.974 bits per heavy atom. The van der Waals surface area contributed by atoms with Gasteiger partial charge in [-0.2, -0.15) is 5.21 Å². The predicted octanol–water partition coefficient (Wildman–Crippen LogP) is 6.24. The molecule has 4 aromatic rings. The number of carboxylic acids is 1. The monoisotopic (exact) mass is 525 g/mol. The van der Waals surface area contributed by atoms with E-state index >= 15 is 0 Å². The highest BCUT2D eigenvalue weighted by molar-refractivity contribution is 5.91. The molecule has 0 bridgehead atoms. The minimum absolute atomic E-state index is 0.0385. The molecule has 39 heavy (non-hydrogen) atoms. The summed E-state index contributed by atoms with van der Waals surface area (Å²) in [6.07, 6.45) is 6.30. The molecule has 1 heterocycles. The minimum atomic E-state index is -0.849. The second-order valence-electron chi connectivity index (χ2n) is 10.7. The second kappa shape index (κ2) is 11.8. The maximum absolute atomic E-state index is 13.3. The first-order chi connectivity index (χ1) is 19.0. The summed E-state index contributed by atoms with van der Waals surface area (Å²) >= 11 is 0. The van der Waals surface area contributed by atoms with E-state index < -0.39 is 11.4 Å². The van der Waals surface area contributed by atoms with Crippen molar-refractivity contribution >= 4 is 22.6 Å². The Kier molecular flexibility index (Phi) is 8.00. The van der Waals surface area contributed by atoms with Crippen LogP contribution < -0.4 is 0 Å². The fraction of sp³-hybridized carbons (Fsp3) is 0.387. The van der Waals surface area contributed by atoms with Crippen LogP contribution in [0, 0.1) is 5.41 Å². The molecule has 202 valence electrons.